The first-order valence-corrected chi connectivity index (χ1v) is 7.62. The van der Waals surface area contributed by atoms with Gasteiger partial charge in [0.2, 0.25) is 5.91 Å². The lowest BCUT2D eigenvalue weighted by molar-refractivity contribution is -0.115. The molecule has 1 aromatic carbocycles. The van der Waals surface area contributed by atoms with Gasteiger partial charge in [0.15, 0.2) is 0 Å². The lowest BCUT2D eigenvalue weighted by atomic mass is 10.3. The summed E-state index contributed by atoms with van der Waals surface area (Å²) < 4.78 is 10.5. The smallest absolute Gasteiger partial charge is 0.225 e. The molecular formula is C14H20BrNO4. The largest absolute Gasteiger partial charge is 0.491 e. The van der Waals surface area contributed by atoms with Crippen molar-refractivity contribution in [3.05, 3.63) is 24.3 Å². The van der Waals surface area contributed by atoms with Crippen molar-refractivity contribution in [2.75, 3.05) is 30.5 Å². The molecule has 1 atom stereocenters. The second kappa shape index (κ2) is 9.74. The molecule has 6 heteroatoms. The Bertz CT molecular complexity index is 397. The van der Waals surface area contributed by atoms with E-state index in [1.54, 1.807) is 24.3 Å². The van der Waals surface area contributed by atoms with Crippen LogP contribution in [0.3, 0.4) is 0 Å². The van der Waals surface area contributed by atoms with Crippen LogP contribution in [0.25, 0.3) is 0 Å². The summed E-state index contributed by atoms with van der Waals surface area (Å²) in [6, 6.07) is 7.01. The Kier molecular flexibility index (Phi) is 8.25. The lowest BCUT2D eigenvalue weighted by Gasteiger charge is -2.12. The highest BCUT2D eigenvalue weighted by atomic mass is 79.9. The molecule has 0 saturated carbocycles. The van der Waals surface area contributed by atoms with E-state index in [0.717, 1.165) is 5.69 Å². The molecule has 0 heterocycles. The fraction of sp³-hybridized carbons (Fsp3) is 0.500. The van der Waals surface area contributed by atoms with Crippen LogP contribution in [-0.4, -0.2) is 42.3 Å². The first-order valence-electron chi connectivity index (χ1n) is 6.50. The number of hydrogen-bond donors (Lipinski definition) is 2. The SMILES string of the molecule is CCOCC(O)COc1ccc(NC(=O)CCBr)cc1. The summed E-state index contributed by atoms with van der Waals surface area (Å²) in [6.07, 6.45) is -0.213. The molecule has 112 valence electrons. The van der Waals surface area contributed by atoms with Crippen LogP contribution in [0.15, 0.2) is 24.3 Å². The minimum atomic E-state index is -0.645. The Morgan fingerprint density at radius 2 is 2.05 bits per heavy atom. The molecular weight excluding hydrogens is 326 g/mol. The summed E-state index contributed by atoms with van der Waals surface area (Å²) in [7, 11) is 0. The van der Waals surface area contributed by atoms with Crippen molar-refractivity contribution in [3.8, 4) is 5.75 Å². The van der Waals surface area contributed by atoms with Crippen LogP contribution in [0.1, 0.15) is 13.3 Å². The summed E-state index contributed by atoms with van der Waals surface area (Å²) in [5, 5.41) is 13.0. The van der Waals surface area contributed by atoms with Crippen LogP contribution >= 0.6 is 15.9 Å². The minimum absolute atomic E-state index is 0.0392. The van der Waals surface area contributed by atoms with Gasteiger partial charge in [0, 0.05) is 24.0 Å². The number of benzene rings is 1. The number of aliphatic hydroxyl groups is 1. The van der Waals surface area contributed by atoms with Gasteiger partial charge in [-0.05, 0) is 31.2 Å². The van der Waals surface area contributed by atoms with E-state index in [2.05, 4.69) is 21.2 Å². The van der Waals surface area contributed by atoms with Crippen molar-refractivity contribution in [1.82, 2.24) is 0 Å². The van der Waals surface area contributed by atoms with E-state index >= 15 is 0 Å². The van der Waals surface area contributed by atoms with E-state index in [0.29, 0.717) is 24.1 Å². The zero-order valence-corrected chi connectivity index (χ0v) is 13.1. The van der Waals surface area contributed by atoms with Crippen molar-refractivity contribution in [3.63, 3.8) is 0 Å². The number of ether oxygens (including phenoxy) is 2. The zero-order valence-electron chi connectivity index (χ0n) is 11.5. The maximum absolute atomic E-state index is 11.4. The van der Waals surface area contributed by atoms with Gasteiger partial charge in [-0.15, -0.1) is 0 Å². The second-order valence-corrected chi connectivity index (χ2v) is 4.93. The summed E-state index contributed by atoms with van der Waals surface area (Å²) in [5.41, 5.74) is 0.721. The van der Waals surface area contributed by atoms with Crippen molar-refractivity contribution in [2.45, 2.75) is 19.4 Å². The van der Waals surface area contributed by atoms with Crippen LogP contribution in [0.2, 0.25) is 0 Å². The maximum atomic E-state index is 11.4. The van der Waals surface area contributed by atoms with Crippen molar-refractivity contribution in [2.24, 2.45) is 0 Å². The second-order valence-electron chi connectivity index (χ2n) is 4.14. The fourth-order valence-electron chi connectivity index (χ4n) is 1.44. The summed E-state index contributed by atoms with van der Waals surface area (Å²) in [6.45, 7) is 2.88. The molecule has 0 saturated heterocycles. The van der Waals surface area contributed by atoms with Gasteiger partial charge in [-0.25, -0.2) is 0 Å². The fourth-order valence-corrected chi connectivity index (χ4v) is 1.80. The van der Waals surface area contributed by atoms with Gasteiger partial charge in [-0.2, -0.15) is 0 Å². The highest BCUT2D eigenvalue weighted by Crippen LogP contribution is 2.16. The number of anilines is 1. The van der Waals surface area contributed by atoms with Gasteiger partial charge in [0.05, 0.1) is 6.61 Å². The normalized spacial score (nSPS) is 11.9. The highest BCUT2D eigenvalue weighted by Gasteiger charge is 2.05. The number of amides is 1. The topological polar surface area (TPSA) is 67.8 Å². The number of nitrogens with one attached hydrogen (secondary N) is 1. The molecule has 1 unspecified atom stereocenters. The molecule has 0 aliphatic rings. The number of alkyl halides is 1. The first-order chi connectivity index (χ1) is 9.65. The van der Waals surface area contributed by atoms with Gasteiger partial charge in [0.1, 0.15) is 18.5 Å². The lowest BCUT2D eigenvalue weighted by Crippen LogP contribution is -2.23. The predicted molar refractivity (Wildman–Crippen MR) is 81.5 cm³/mol. The number of carbonyl (C=O) groups excluding carboxylic acids is 1. The Hall–Kier alpha value is -1.11. The van der Waals surface area contributed by atoms with Crippen LogP contribution in [0.5, 0.6) is 5.75 Å². The number of halogens is 1. The summed E-state index contributed by atoms with van der Waals surface area (Å²) >= 11 is 3.21. The van der Waals surface area contributed by atoms with E-state index in [4.69, 9.17) is 9.47 Å². The Labute approximate surface area is 127 Å². The molecule has 0 fully saturated rings. The molecule has 0 radical (unpaired) electrons. The van der Waals surface area contributed by atoms with Crippen molar-refractivity contribution in [1.29, 1.82) is 0 Å². The third-order valence-corrected chi connectivity index (χ3v) is 2.81. The van der Waals surface area contributed by atoms with E-state index in [1.165, 1.54) is 0 Å². The molecule has 0 bridgehead atoms. The quantitative estimate of drug-likeness (QED) is 0.673. The zero-order chi connectivity index (χ0) is 14.8. The maximum Gasteiger partial charge on any atom is 0.225 e. The Morgan fingerprint density at radius 3 is 2.65 bits per heavy atom. The monoisotopic (exact) mass is 345 g/mol. The number of rotatable bonds is 9. The van der Waals surface area contributed by atoms with Gasteiger partial charge in [-0.1, -0.05) is 15.9 Å². The molecule has 0 spiro atoms. The number of aliphatic hydroxyl groups excluding tert-OH is 1. The van der Waals surface area contributed by atoms with E-state index in [9.17, 15) is 9.90 Å². The molecule has 0 aromatic heterocycles. The summed E-state index contributed by atoms with van der Waals surface area (Å²) in [4.78, 5) is 11.4. The average Bonchev–Trinajstić information content (AvgIpc) is 2.44. The Balaban J connectivity index is 2.36. The third-order valence-electron chi connectivity index (χ3n) is 2.42. The van der Waals surface area contributed by atoms with Crippen LogP contribution in [-0.2, 0) is 9.53 Å². The average molecular weight is 346 g/mol. The molecule has 1 rings (SSSR count). The molecule has 5 nitrogen and oxygen atoms in total. The third kappa shape index (κ3) is 6.88. The first kappa shape index (κ1) is 16.9. The minimum Gasteiger partial charge on any atom is -0.491 e. The van der Waals surface area contributed by atoms with E-state index in [-0.39, 0.29) is 19.1 Å². The van der Waals surface area contributed by atoms with Crippen molar-refractivity contribution < 1.29 is 19.4 Å². The van der Waals surface area contributed by atoms with Crippen LogP contribution in [0.4, 0.5) is 5.69 Å². The standard InChI is InChI=1S/C14H20BrNO4/c1-2-19-9-12(17)10-20-13-5-3-11(4-6-13)16-14(18)7-8-15/h3-6,12,17H,2,7-10H2,1H3,(H,16,18). The molecule has 2 N–H and O–H groups in total. The molecule has 20 heavy (non-hydrogen) atoms. The van der Waals surface area contributed by atoms with Crippen LogP contribution < -0.4 is 10.1 Å². The van der Waals surface area contributed by atoms with E-state index in [1.807, 2.05) is 6.92 Å². The number of hydrogen-bond acceptors (Lipinski definition) is 4. The highest BCUT2D eigenvalue weighted by molar-refractivity contribution is 9.09. The molecule has 0 aliphatic carbocycles. The van der Waals surface area contributed by atoms with Crippen molar-refractivity contribution >= 4 is 27.5 Å². The van der Waals surface area contributed by atoms with Gasteiger partial charge in [-0.3, -0.25) is 4.79 Å². The van der Waals surface area contributed by atoms with E-state index < -0.39 is 6.10 Å². The molecule has 1 amide bonds. The van der Waals surface area contributed by atoms with Gasteiger partial charge >= 0.3 is 0 Å². The van der Waals surface area contributed by atoms with Crippen LogP contribution in [0, 0.1) is 0 Å². The Morgan fingerprint density at radius 1 is 1.35 bits per heavy atom. The number of carbonyl (C=O) groups is 1. The summed E-state index contributed by atoms with van der Waals surface area (Å²) in [5.74, 6) is 0.599. The van der Waals surface area contributed by atoms with Gasteiger partial charge in [0.25, 0.3) is 0 Å². The molecule has 0 aliphatic heterocycles. The predicted octanol–water partition coefficient (Wildman–Crippen LogP) is 2.19. The molecule has 1 aromatic rings. The van der Waals surface area contributed by atoms with Gasteiger partial charge < -0.3 is 19.9 Å².